The lowest BCUT2D eigenvalue weighted by atomic mass is 10.1. The Bertz CT molecular complexity index is 790. The topological polar surface area (TPSA) is 67.2 Å². The number of unbranched alkanes of at least 4 members (excludes halogenated alkanes) is 1. The fraction of sp³-hybridized carbons (Fsp3) is 0.278. The van der Waals surface area contributed by atoms with Crippen molar-refractivity contribution in [3.8, 4) is 6.07 Å². The number of rotatable bonds is 7. The summed E-state index contributed by atoms with van der Waals surface area (Å²) in [5.41, 5.74) is 2.46. The lowest BCUT2D eigenvalue weighted by Crippen LogP contribution is -2.09. The van der Waals surface area contributed by atoms with Gasteiger partial charge in [-0.2, -0.15) is 13.7 Å². The second kappa shape index (κ2) is 7.91. The molecule has 0 amide bonds. The van der Waals surface area contributed by atoms with Crippen LogP contribution in [-0.2, 0) is 20.7 Å². The van der Waals surface area contributed by atoms with Crippen LogP contribution in [0.4, 0.5) is 0 Å². The molecular formula is C18H19NO3S. The van der Waals surface area contributed by atoms with Gasteiger partial charge in [-0.25, -0.2) is 0 Å². The van der Waals surface area contributed by atoms with Gasteiger partial charge in [0.05, 0.1) is 23.1 Å². The van der Waals surface area contributed by atoms with Gasteiger partial charge in [-0.3, -0.25) is 4.18 Å². The quantitative estimate of drug-likeness (QED) is 0.575. The van der Waals surface area contributed by atoms with Gasteiger partial charge in [0.25, 0.3) is 10.1 Å². The maximum atomic E-state index is 12.1. The molecule has 2 aromatic carbocycles. The molecule has 0 spiro atoms. The van der Waals surface area contributed by atoms with Crippen molar-refractivity contribution in [2.45, 2.75) is 31.1 Å². The van der Waals surface area contributed by atoms with Crippen molar-refractivity contribution in [2.75, 3.05) is 6.61 Å². The summed E-state index contributed by atoms with van der Waals surface area (Å²) in [5, 5.41) is 8.74. The summed E-state index contributed by atoms with van der Waals surface area (Å²) < 4.78 is 29.3. The number of hydrogen-bond acceptors (Lipinski definition) is 4. The molecule has 0 atom stereocenters. The van der Waals surface area contributed by atoms with Crippen LogP contribution in [0.15, 0.2) is 53.4 Å². The first-order valence-corrected chi connectivity index (χ1v) is 8.88. The molecule has 0 fully saturated rings. The third-order valence-electron chi connectivity index (χ3n) is 3.54. The average molecular weight is 329 g/mol. The molecule has 0 N–H and O–H groups in total. The number of aryl methyl sites for hydroxylation is 2. The third-order valence-corrected chi connectivity index (χ3v) is 5.02. The van der Waals surface area contributed by atoms with Gasteiger partial charge in [0.2, 0.25) is 0 Å². The molecule has 5 heteroatoms. The predicted molar refractivity (Wildman–Crippen MR) is 88.4 cm³/mol. The minimum atomic E-state index is -3.68. The predicted octanol–water partition coefficient (Wildman–Crippen LogP) is 3.59. The lowest BCUT2D eigenvalue weighted by Gasteiger charge is -2.08. The molecule has 0 radical (unpaired) electrons. The highest BCUT2D eigenvalue weighted by Crippen LogP contribution is 2.17. The second-order valence-electron chi connectivity index (χ2n) is 5.31. The van der Waals surface area contributed by atoms with E-state index in [0.717, 1.165) is 18.4 Å². The zero-order valence-corrected chi connectivity index (χ0v) is 13.8. The van der Waals surface area contributed by atoms with Crippen LogP contribution in [0, 0.1) is 18.3 Å². The summed E-state index contributed by atoms with van der Waals surface area (Å²) in [6.07, 6.45) is 2.32. The van der Waals surface area contributed by atoms with Crippen molar-refractivity contribution in [1.82, 2.24) is 0 Å². The minimum Gasteiger partial charge on any atom is -0.266 e. The van der Waals surface area contributed by atoms with E-state index in [1.54, 1.807) is 43.3 Å². The molecular weight excluding hydrogens is 310 g/mol. The highest BCUT2D eigenvalue weighted by atomic mass is 32.2. The van der Waals surface area contributed by atoms with Gasteiger partial charge in [-0.05, 0) is 55.5 Å². The average Bonchev–Trinajstić information content (AvgIpc) is 2.55. The van der Waals surface area contributed by atoms with E-state index in [1.165, 1.54) is 0 Å². The van der Waals surface area contributed by atoms with Gasteiger partial charge in [0.1, 0.15) is 0 Å². The Kier molecular flexibility index (Phi) is 5.91. The molecule has 0 heterocycles. The fourth-order valence-corrected chi connectivity index (χ4v) is 3.42. The molecule has 2 rings (SSSR count). The van der Waals surface area contributed by atoms with E-state index in [2.05, 4.69) is 6.07 Å². The molecule has 0 aromatic heterocycles. The van der Waals surface area contributed by atoms with Crippen LogP contribution in [0.2, 0.25) is 0 Å². The second-order valence-corrected chi connectivity index (χ2v) is 6.89. The lowest BCUT2D eigenvalue weighted by molar-refractivity contribution is 0.308. The molecule has 0 saturated heterocycles. The summed E-state index contributed by atoms with van der Waals surface area (Å²) in [6.45, 7) is 1.92. The van der Waals surface area contributed by atoms with E-state index in [4.69, 9.17) is 9.44 Å². The molecule has 0 aliphatic carbocycles. The zero-order valence-electron chi connectivity index (χ0n) is 13.0. The van der Waals surface area contributed by atoms with Gasteiger partial charge in [0, 0.05) is 0 Å². The van der Waals surface area contributed by atoms with Crippen molar-refractivity contribution in [1.29, 1.82) is 5.26 Å². The van der Waals surface area contributed by atoms with E-state index in [-0.39, 0.29) is 11.5 Å². The highest BCUT2D eigenvalue weighted by Gasteiger charge is 2.16. The number of nitrogens with zero attached hydrogens (tertiary/aromatic N) is 1. The molecule has 0 aliphatic rings. The Morgan fingerprint density at radius 1 is 1.04 bits per heavy atom. The van der Waals surface area contributed by atoms with Crippen LogP contribution in [0.3, 0.4) is 0 Å². The maximum absolute atomic E-state index is 12.1. The van der Waals surface area contributed by atoms with Crippen LogP contribution >= 0.6 is 0 Å². The molecule has 0 unspecified atom stereocenters. The van der Waals surface area contributed by atoms with Gasteiger partial charge in [0.15, 0.2) is 0 Å². The van der Waals surface area contributed by atoms with E-state index < -0.39 is 10.1 Å². The van der Waals surface area contributed by atoms with Crippen LogP contribution < -0.4 is 0 Å². The summed E-state index contributed by atoms with van der Waals surface area (Å²) in [5.74, 6) is 0. The molecule has 0 aliphatic heterocycles. The van der Waals surface area contributed by atoms with Gasteiger partial charge < -0.3 is 0 Å². The Hall–Kier alpha value is -2.16. The first kappa shape index (κ1) is 17.2. The Balaban J connectivity index is 1.79. The van der Waals surface area contributed by atoms with E-state index >= 15 is 0 Å². The Morgan fingerprint density at radius 2 is 1.74 bits per heavy atom. The molecule has 0 bridgehead atoms. The summed E-state index contributed by atoms with van der Waals surface area (Å²) >= 11 is 0. The van der Waals surface area contributed by atoms with Gasteiger partial charge in [-0.1, -0.05) is 30.3 Å². The SMILES string of the molecule is Cc1ccccc1S(=O)(=O)OCCCCc1ccc(C#N)cc1. The zero-order chi connectivity index (χ0) is 16.7. The van der Waals surface area contributed by atoms with E-state index in [9.17, 15) is 8.42 Å². The van der Waals surface area contributed by atoms with Crippen molar-refractivity contribution in [2.24, 2.45) is 0 Å². The van der Waals surface area contributed by atoms with Crippen LogP contribution in [-0.4, -0.2) is 15.0 Å². The van der Waals surface area contributed by atoms with Crippen LogP contribution in [0.1, 0.15) is 29.5 Å². The van der Waals surface area contributed by atoms with Crippen LogP contribution in [0.25, 0.3) is 0 Å². The monoisotopic (exact) mass is 329 g/mol. The summed E-state index contributed by atoms with van der Waals surface area (Å²) in [6, 6.07) is 16.3. The molecule has 120 valence electrons. The third kappa shape index (κ3) is 4.92. The molecule has 2 aromatic rings. The standard InChI is InChI=1S/C18H19NO3S/c1-15-6-2-3-8-18(15)23(20,21)22-13-5-4-7-16-9-11-17(14-19)12-10-16/h2-3,6,8-12H,4-5,7,13H2,1H3. The van der Waals surface area contributed by atoms with Crippen molar-refractivity contribution < 1.29 is 12.6 Å². The Labute approximate surface area is 137 Å². The molecule has 0 saturated carbocycles. The van der Waals surface area contributed by atoms with Gasteiger partial charge >= 0.3 is 0 Å². The van der Waals surface area contributed by atoms with Crippen molar-refractivity contribution in [3.63, 3.8) is 0 Å². The number of benzene rings is 2. The summed E-state index contributed by atoms with van der Waals surface area (Å²) in [7, 11) is -3.68. The first-order valence-electron chi connectivity index (χ1n) is 7.47. The van der Waals surface area contributed by atoms with Crippen LogP contribution in [0.5, 0.6) is 0 Å². The van der Waals surface area contributed by atoms with Gasteiger partial charge in [-0.15, -0.1) is 0 Å². The minimum absolute atomic E-state index is 0.174. The van der Waals surface area contributed by atoms with Crippen molar-refractivity contribution in [3.05, 3.63) is 65.2 Å². The summed E-state index contributed by atoms with van der Waals surface area (Å²) in [4.78, 5) is 0.229. The molecule has 4 nitrogen and oxygen atoms in total. The highest BCUT2D eigenvalue weighted by molar-refractivity contribution is 7.86. The van der Waals surface area contributed by atoms with Crippen molar-refractivity contribution >= 4 is 10.1 Å². The van der Waals surface area contributed by atoms with E-state index in [0.29, 0.717) is 17.5 Å². The molecule has 23 heavy (non-hydrogen) atoms. The number of hydrogen-bond donors (Lipinski definition) is 0. The fourth-order valence-electron chi connectivity index (χ4n) is 2.25. The number of nitriles is 1. The normalized spacial score (nSPS) is 11.1. The Morgan fingerprint density at radius 3 is 2.39 bits per heavy atom. The first-order chi connectivity index (χ1) is 11.0. The smallest absolute Gasteiger partial charge is 0.266 e. The van der Waals surface area contributed by atoms with E-state index in [1.807, 2.05) is 12.1 Å². The largest absolute Gasteiger partial charge is 0.297 e. The maximum Gasteiger partial charge on any atom is 0.297 e.